The Hall–Kier alpha value is -3.39. The standard InChI is InChI=1S/C27H34N6O2/c1-19-4-5-22(30-26(34)28-9-8-27(2)6-7-27)16-23(19)20-14-24(21-17-29-32(3)18-21)31-25(15-20)33-10-12-35-13-11-33/h4-5,14-18H,6-13H2,1-3H3,(H2,28,30,34). The first-order valence-corrected chi connectivity index (χ1v) is 12.4. The van der Waals surface area contributed by atoms with Crippen LogP contribution in [-0.2, 0) is 11.8 Å². The lowest BCUT2D eigenvalue weighted by Crippen LogP contribution is -2.36. The molecule has 0 bridgehead atoms. The zero-order valence-corrected chi connectivity index (χ0v) is 20.8. The molecule has 1 saturated carbocycles. The average Bonchev–Trinajstić information content (AvgIpc) is 3.43. The Labute approximate surface area is 206 Å². The minimum atomic E-state index is -0.163. The number of carbonyl (C=O) groups is 1. The molecule has 0 unspecified atom stereocenters. The summed E-state index contributed by atoms with van der Waals surface area (Å²) in [6.07, 6.45) is 7.37. The van der Waals surface area contributed by atoms with Crippen molar-refractivity contribution in [3.8, 4) is 22.4 Å². The number of nitrogens with one attached hydrogen (secondary N) is 2. The van der Waals surface area contributed by atoms with Crippen LogP contribution in [0.25, 0.3) is 22.4 Å². The Morgan fingerprint density at radius 3 is 2.66 bits per heavy atom. The molecule has 1 saturated heterocycles. The van der Waals surface area contributed by atoms with E-state index in [0.717, 1.165) is 59.0 Å². The van der Waals surface area contributed by atoms with Crippen LogP contribution < -0.4 is 15.5 Å². The summed E-state index contributed by atoms with van der Waals surface area (Å²) < 4.78 is 7.33. The van der Waals surface area contributed by atoms with Gasteiger partial charge in [0.25, 0.3) is 0 Å². The summed E-state index contributed by atoms with van der Waals surface area (Å²) >= 11 is 0. The van der Waals surface area contributed by atoms with E-state index in [1.807, 2.05) is 31.6 Å². The zero-order chi connectivity index (χ0) is 24.4. The van der Waals surface area contributed by atoms with Gasteiger partial charge in [0.15, 0.2) is 0 Å². The van der Waals surface area contributed by atoms with Gasteiger partial charge in [0.05, 0.1) is 25.1 Å². The summed E-state index contributed by atoms with van der Waals surface area (Å²) in [7, 11) is 1.91. The summed E-state index contributed by atoms with van der Waals surface area (Å²) in [4.78, 5) is 19.7. The van der Waals surface area contributed by atoms with Gasteiger partial charge in [-0.15, -0.1) is 0 Å². The number of rotatable bonds is 7. The van der Waals surface area contributed by atoms with Crippen LogP contribution in [0.3, 0.4) is 0 Å². The largest absolute Gasteiger partial charge is 0.378 e. The van der Waals surface area contributed by atoms with Gasteiger partial charge in [0.1, 0.15) is 5.82 Å². The lowest BCUT2D eigenvalue weighted by Gasteiger charge is -2.28. The molecule has 2 aromatic heterocycles. The molecule has 0 atom stereocenters. The SMILES string of the molecule is Cc1ccc(NC(=O)NCCC2(C)CC2)cc1-c1cc(-c2cnn(C)c2)nc(N2CCOCC2)c1. The van der Waals surface area contributed by atoms with Crippen molar-refractivity contribution in [2.45, 2.75) is 33.1 Å². The summed E-state index contributed by atoms with van der Waals surface area (Å²) in [5.41, 5.74) is 6.30. The normalized spacial score (nSPS) is 16.7. The number of hydrogen-bond acceptors (Lipinski definition) is 5. The Bertz CT molecular complexity index is 1210. The predicted molar refractivity (Wildman–Crippen MR) is 139 cm³/mol. The van der Waals surface area contributed by atoms with Crippen LogP contribution in [0.4, 0.5) is 16.3 Å². The fourth-order valence-electron chi connectivity index (χ4n) is 4.45. The van der Waals surface area contributed by atoms with Gasteiger partial charge in [-0.2, -0.15) is 5.10 Å². The van der Waals surface area contributed by atoms with E-state index in [1.54, 1.807) is 4.68 Å². The molecular weight excluding hydrogens is 440 g/mol. The van der Waals surface area contributed by atoms with Gasteiger partial charge in [-0.05, 0) is 72.6 Å². The third-order valence-electron chi connectivity index (χ3n) is 7.07. The molecule has 2 amide bonds. The van der Waals surface area contributed by atoms with Crippen molar-refractivity contribution in [2.75, 3.05) is 43.1 Å². The number of pyridine rings is 1. The number of anilines is 2. The van der Waals surface area contributed by atoms with Crippen LogP contribution in [0.15, 0.2) is 42.7 Å². The number of amides is 2. The van der Waals surface area contributed by atoms with Crippen LogP contribution in [0.1, 0.15) is 31.7 Å². The molecule has 0 radical (unpaired) electrons. The summed E-state index contributed by atoms with van der Waals surface area (Å²) in [6.45, 7) is 8.07. The van der Waals surface area contributed by atoms with E-state index in [1.165, 1.54) is 12.8 Å². The molecule has 2 fully saturated rings. The van der Waals surface area contributed by atoms with E-state index in [0.29, 0.717) is 25.2 Å². The first-order chi connectivity index (χ1) is 16.9. The Morgan fingerprint density at radius 2 is 1.94 bits per heavy atom. The Balaban J connectivity index is 1.41. The van der Waals surface area contributed by atoms with E-state index in [4.69, 9.17) is 9.72 Å². The van der Waals surface area contributed by atoms with Gasteiger partial charge in [-0.1, -0.05) is 13.0 Å². The fraction of sp³-hybridized carbons (Fsp3) is 0.444. The van der Waals surface area contributed by atoms with Crippen LogP contribution in [0.2, 0.25) is 0 Å². The minimum Gasteiger partial charge on any atom is -0.378 e. The molecule has 3 aromatic rings. The number of benzene rings is 1. The van der Waals surface area contributed by atoms with E-state index in [-0.39, 0.29) is 6.03 Å². The van der Waals surface area contributed by atoms with Crippen LogP contribution in [-0.4, -0.2) is 53.6 Å². The van der Waals surface area contributed by atoms with E-state index < -0.39 is 0 Å². The second-order valence-corrected chi connectivity index (χ2v) is 10.1. The summed E-state index contributed by atoms with van der Waals surface area (Å²) in [6, 6.07) is 10.1. The molecular formula is C27H34N6O2. The number of nitrogens with zero attached hydrogens (tertiary/aromatic N) is 4. The summed E-state index contributed by atoms with van der Waals surface area (Å²) in [5.74, 6) is 0.925. The molecule has 184 valence electrons. The van der Waals surface area contributed by atoms with E-state index in [2.05, 4.69) is 52.7 Å². The second kappa shape index (κ2) is 9.70. The zero-order valence-electron chi connectivity index (χ0n) is 20.8. The summed E-state index contributed by atoms with van der Waals surface area (Å²) in [5, 5.41) is 10.3. The predicted octanol–water partition coefficient (Wildman–Crippen LogP) is 4.61. The maximum Gasteiger partial charge on any atom is 0.319 e. The average molecular weight is 475 g/mol. The third-order valence-corrected chi connectivity index (χ3v) is 7.07. The topological polar surface area (TPSA) is 84.3 Å². The third kappa shape index (κ3) is 5.65. The number of morpholine rings is 1. The molecule has 1 aliphatic heterocycles. The van der Waals surface area contributed by atoms with Gasteiger partial charge in [-0.3, -0.25) is 4.68 Å². The molecule has 8 nitrogen and oxygen atoms in total. The molecule has 2 N–H and O–H groups in total. The van der Waals surface area contributed by atoms with Gasteiger partial charge in [0, 0.05) is 44.1 Å². The lowest BCUT2D eigenvalue weighted by atomic mass is 9.98. The number of aromatic nitrogens is 3. The molecule has 5 rings (SSSR count). The smallest absolute Gasteiger partial charge is 0.319 e. The van der Waals surface area contributed by atoms with Crippen molar-refractivity contribution in [1.82, 2.24) is 20.1 Å². The molecule has 35 heavy (non-hydrogen) atoms. The number of aryl methyl sites for hydroxylation is 2. The number of urea groups is 1. The maximum atomic E-state index is 12.5. The molecule has 8 heteroatoms. The minimum absolute atomic E-state index is 0.163. The molecule has 1 aromatic carbocycles. The first-order valence-electron chi connectivity index (χ1n) is 12.4. The van der Waals surface area contributed by atoms with Crippen molar-refractivity contribution in [2.24, 2.45) is 12.5 Å². The highest BCUT2D eigenvalue weighted by Gasteiger charge is 2.36. The van der Waals surface area contributed by atoms with Crippen LogP contribution >= 0.6 is 0 Å². The number of hydrogen-bond donors (Lipinski definition) is 2. The molecule has 1 aliphatic carbocycles. The quantitative estimate of drug-likeness (QED) is 0.523. The van der Waals surface area contributed by atoms with Gasteiger partial charge in [-0.25, -0.2) is 9.78 Å². The maximum absolute atomic E-state index is 12.5. The van der Waals surface area contributed by atoms with Crippen molar-refractivity contribution in [1.29, 1.82) is 0 Å². The highest BCUT2D eigenvalue weighted by molar-refractivity contribution is 5.90. The van der Waals surface area contributed by atoms with Crippen molar-refractivity contribution in [3.63, 3.8) is 0 Å². The second-order valence-electron chi connectivity index (χ2n) is 10.1. The van der Waals surface area contributed by atoms with Crippen molar-refractivity contribution in [3.05, 3.63) is 48.3 Å². The highest BCUT2D eigenvalue weighted by atomic mass is 16.5. The fourth-order valence-corrected chi connectivity index (χ4v) is 4.45. The van der Waals surface area contributed by atoms with E-state index in [9.17, 15) is 4.79 Å². The van der Waals surface area contributed by atoms with Gasteiger partial charge < -0.3 is 20.3 Å². The first kappa shape index (κ1) is 23.4. The highest BCUT2D eigenvalue weighted by Crippen LogP contribution is 2.47. The monoisotopic (exact) mass is 474 g/mol. The van der Waals surface area contributed by atoms with Crippen molar-refractivity contribution < 1.29 is 9.53 Å². The Kier molecular flexibility index (Phi) is 6.47. The molecule has 2 aliphatic rings. The van der Waals surface area contributed by atoms with Crippen LogP contribution in [0.5, 0.6) is 0 Å². The van der Waals surface area contributed by atoms with Gasteiger partial charge in [0.2, 0.25) is 0 Å². The number of ether oxygens (including phenoxy) is 1. The molecule has 3 heterocycles. The van der Waals surface area contributed by atoms with Crippen molar-refractivity contribution >= 4 is 17.5 Å². The molecule has 0 spiro atoms. The van der Waals surface area contributed by atoms with Gasteiger partial charge >= 0.3 is 6.03 Å². The van der Waals surface area contributed by atoms with E-state index >= 15 is 0 Å². The lowest BCUT2D eigenvalue weighted by molar-refractivity contribution is 0.122. The van der Waals surface area contributed by atoms with Crippen LogP contribution in [0, 0.1) is 12.3 Å². The number of carbonyl (C=O) groups excluding carboxylic acids is 1. The Morgan fingerprint density at radius 1 is 1.14 bits per heavy atom.